The maximum Gasteiger partial charge on any atom is 0.183 e. The van der Waals surface area contributed by atoms with Crippen LogP contribution in [0.2, 0.25) is 0 Å². The fourth-order valence-electron chi connectivity index (χ4n) is 2.37. The minimum atomic E-state index is 0.784. The van der Waals surface area contributed by atoms with Gasteiger partial charge in [-0.1, -0.05) is 29.5 Å². The van der Waals surface area contributed by atoms with Crippen molar-refractivity contribution in [1.82, 2.24) is 9.97 Å². The molecule has 3 rings (SSSR count). The number of nitrogens with zero attached hydrogens (tertiary/aromatic N) is 2. The maximum absolute atomic E-state index is 5.42. The van der Waals surface area contributed by atoms with Crippen molar-refractivity contribution in [3.63, 3.8) is 0 Å². The Bertz CT molecular complexity index is 795. The summed E-state index contributed by atoms with van der Waals surface area (Å²) in [5.41, 5.74) is 3.20. The first-order valence-electron chi connectivity index (χ1n) is 7.49. The van der Waals surface area contributed by atoms with E-state index in [1.54, 1.807) is 29.8 Å². The van der Waals surface area contributed by atoms with Crippen molar-refractivity contribution in [3.05, 3.63) is 45.9 Å². The average molecular weight is 345 g/mol. The van der Waals surface area contributed by atoms with Crippen LogP contribution in [0.1, 0.15) is 23.2 Å². The van der Waals surface area contributed by atoms with Gasteiger partial charge in [0.15, 0.2) is 5.13 Å². The molecule has 4 nitrogen and oxygen atoms in total. The zero-order valence-electron chi connectivity index (χ0n) is 13.4. The van der Waals surface area contributed by atoms with Crippen LogP contribution in [0, 0.1) is 6.92 Å². The molecular weight excluding hydrogens is 326 g/mol. The van der Waals surface area contributed by atoms with E-state index in [1.807, 2.05) is 25.1 Å². The van der Waals surface area contributed by atoms with Crippen LogP contribution in [-0.2, 0) is 6.42 Å². The number of thiazole rings is 2. The second-order valence-corrected chi connectivity index (χ2v) is 7.02. The van der Waals surface area contributed by atoms with Crippen molar-refractivity contribution in [1.29, 1.82) is 0 Å². The second kappa shape index (κ2) is 7.10. The highest BCUT2D eigenvalue weighted by Crippen LogP contribution is 2.34. The molecule has 1 N–H and O–H groups in total. The van der Waals surface area contributed by atoms with Gasteiger partial charge in [-0.3, -0.25) is 0 Å². The van der Waals surface area contributed by atoms with Gasteiger partial charge in [-0.15, -0.1) is 11.3 Å². The second-order valence-electron chi connectivity index (χ2n) is 5.08. The first kappa shape index (κ1) is 16.0. The molecule has 23 heavy (non-hydrogen) atoms. The Hall–Kier alpha value is -1.92. The molecule has 120 valence electrons. The highest BCUT2D eigenvalue weighted by atomic mass is 32.1. The number of benzene rings is 1. The molecule has 0 bridgehead atoms. The lowest BCUT2D eigenvalue weighted by atomic mass is 10.1. The van der Waals surface area contributed by atoms with E-state index in [2.05, 4.69) is 28.7 Å². The van der Waals surface area contributed by atoms with Crippen LogP contribution in [0.4, 0.5) is 5.13 Å². The van der Waals surface area contributed by atoms with Crippen LogP contribution in [0.25, 0.3) is 10.6 Å². The summed E-state index contributed by atoms with van der Waals surface area (Å²) in [6.07, 6.45) is 0.784. The normalized spacial score (nSPS) is 10.7. The van der Waals surface area contributed by atoms with Gasteiger partial charge in [0.2, 0.25) is 0 Å². The van der Waals surface area contributed by atoms with Crippen LogP contribution >= 0.6 is 22.7 Å². The van der Waals surface area contributed by atoms with Crippen molar-refractivity contribution < 1.29 is 4.74 Å². The summed E-state index contributed by atoms with van der Waals surface area (Å²) in [7, 11) is 1.70. The fraction of sp³-hybridized carbons (Fsp3) is 0.294. The fourth-order valence-corrected chi connectivity index (χ4v) is 4.25. The molecule has 3 aromatic rings. The number of aryl methyl sites for hydroxylation is 1. The van der Waals surface area contributed by atoms with Crippen molar-refractivity contribution >= 4 is 27.8 Å². The van der Waals surface area contributed by atoms with Gasteiger partial charge in [0, 0.05) is 23.9 Å². The van der Waals surface area contributed by atoms with E-state index in [0.717, 1.165) is 50.7 Å². The average Bonchev–Trinajstić information content (AvgIpc) is 3.15. The SMILES string of the molecule is CCNc1nc(C)c(-c2csc(Cc3ccccc3OC)n2)s1. The van der Waals surface area contributed by atoms with E-state index >= 15 is 0 Å². The van der Waals surface area contributed by atoms with E-state index in [-0.39, 0.29) is 0 Å². The third kappa shape index (κ3) is 3.54. The summed E-state index contributed by atoms with van der Waals surface area (Å²) in [4.78, 5) is 10.5. The third-order valence-corrected chi connectivity index (χ3v) is 5.43. The van der Waals surface area contributed by atoms with Crippen molar-refractivity contribution in [2.75, 3.05) is 19.0 Å². The summed E-state index contributed by atoms with van der Waals surface area (Å²) in [5.74, 6) is 0.910. The Morgan fingerprint density at radius 1 is 1.22 bits per heavy atom. The van der Waals surface area contributed by atoms with Crippen LogP contribution in [0.15, 0.2) is 29.6 Å². The van der Waals surface area contributed by atoms with E-state index in [4.69, 9.17) is 9.72 Å². The number of nitrogens with one attached hydrogen (secondary N) is 1. The zero-order chi connectivity index (χ0) is 16.2. The molecular formula is C17H19N3OS2. The summed E-state index contributed by atoms with van der Waals surface area (Å²) >= 11 is 3.34. The largest absolute Gasteiger partial charge is 0.496 e. The smallest absolute Gasteiger partial charge is 0.183 e. The molecule has 0 saturated heterocycles. The number of hydrogen-bond acceptors (Lipinski definition) is 6. The van der Waals surface area contributed by atoms with E-state index in [0.29, 0.717) is 0 Å². The van der Waals surface area contributed by atoms with Gasteiger partial charge in [0.05, 0.1) is 28.4 Å². The molecule has 0 radical (unpaired) electrons. The van der Waals surface area contributed by atoms with Crippen molar-refractivity contribution in [3.8, 4) is 16.3 Å². The molecule has 0 spiro atoms. The first-order valence-corrected chi connectivity index (χ1v) is 9.18. The highest BCUT2D eigenvalue weighted by molar-refractivity contribution is 7.19. The first-order chi connectivity index (χ1) is 11.2. The predicted molar refractivity (Wildman–Crippen MR) is 97.9 cm³/mol. The van der Waals surface area contributed by atoms with E-state index in [9.17, 15) is 0 Å². The van der Waals surface area contributed by atoms with Gasteiger partial charge in [0.1, 0.15) is 5.75 Å². The number of para-hydroxylation sites is 1. The lowest BCUT2D eigenvalue weighted by Crippen LogP contribution is -1.94. The Morgan fingerprint density at radius 3 is 2.83 bits per heavy atom. The Morgan fingerprint density at radius 2 is 2.04 bits per heavy atom. The molecule has 0 amide bonds. The molecule has 6 heteroatoms. The predicted octanol–water partition coefficient (Wildman–Crippen LogP) is 4.61. The molecule has 0 aliphatic carbocycles. The maximum atomic E-state index is 5.42. The van der Waals surface area contributed by atoms with Gasteiger partial charge < -0.3 is 10.1 Å². The van der Waals surface area contributed by atoms with Gasteiger partial charge >= 0.3 is 0 Å². The van der Waals surface area contributed by atoms with Crippen molar-refractivity contribution in [2.45, 2.75) is 20.3 Å². The van der Waals surface area contributed by atoms with Crippen LogP contribution < -0.4 is 10.1 Å². The molecule has 2 heterocycles. The van der Waals surface area contributed by atoms with Crippen LogP contribution in [0.3, 0.4) is 0 Å². The molecule has 0 unspecified atom stereocenters. The molecule has 0 aliphatic rings. The number of rotatable bonds is 6. The zero-order valence-corrected chi connectivity index (χ0v) is 15.1. The lowest BCUT2D eigenvalue weighted by molar-refractivity contribution is 0.410. The molecule has 2 aromatic heterocycles. The lowest BCUT2D eigenvalue weighted by Gasteiger charge is -2.05. The van der Waals surface area contributed by atoms with E-state index < -0.39 is 0 Å². The number of anilines is 1. The quantitative estimate of drug-likeness (QED) is 0.709. The number of aromatic nitrogens is 2. The summed E-state index contributed by atoms with van der Waals surface area (Å²) in [5, 5.41) is 7.42. The molecule has 0 aliphatic heterocycles. The van der Waals surface area contributed by atoms with E-state index in [1.165, 1.54) is 0 Å². The van der Waals surface area contributed by atoms with Crippen LogP contribution in [0.5, 0.6) is 5.75 Å². The molecule has 0 atom stereocenters. The molecule has 0 fully saturated rings. The summed E-state index contributed by atoms with van der Waals surface area (Å²) < 4.78 is 5.42. The minimum absolute atomic E-state index is 0.784. The topological polar surface area (TPSA) is 47.0 Å². The Kier molecular flexibility index (Phi) is 4.93. The number of methoxy groups -OCH3 is 1. The van der Waals surface area contributed by atoms with Gasteiger partial charge in [0.25, 0.3) is 0 Å². The Balaban J connectivity index is 1.83. The van der Waals surface area contributed by atoms with Crippen LogP contribution in [-0.4, -0.2) is 23.6 Å². The number of hydrogen-bond donors (Lipinski definition) is 1. The highest BCUT2D eigenvalue weighted by Gasteiger charge is 2.14. The molecule has 1 aromatic carbocycles. The monoisotopic (exact) mass is 345 g/mol. The van der Waals surface area contributed by atoms with Gasteiger partial charge in [-0.25, -0.2) is 9.97 Å². The van der Waals surface area contributed by atoms with Gasteiger partial charge in [-0.2, -0.15) is 0 Å². The van der Waals surface area contributed by atoms with Gasteiger partial charge in [-0.05, 0) is 19.9 Å². The minimum Gasteiger partial charge on any atom is -0.496 e. The summed E-state index contributed by atoms with van der Waals surface area (Å²) in [6, 6.07) is 8.09. The number of ether oxygens (including phenoxy) is 1. The molecule has 0 saturated carbocycles. The van der Waals surface area contributed by atoms with Crippen molar-refractivity contribution in [2.24, 2.45) is 0 Å². The standard InChI is InChI=1S/C17H19N3OS2/c1-4-18-17-19-11(2)16(23-17)13-10-22-15(20-13)9-12-7-5-6-8-14(12)21-3/h5-8,10H,4,9H2,1-3H3,(H,18,19). The summed E-state index contributed by atoms with van der Waals surface area (Å²) in [6.45, 7) is 4.99. The third-order valence-electron chi connectivity index (χ3n) is 3.44. The Labute approximate surface area is 144 Å².